The Bertz CT molecular complexity index is 337. The van der Waals surface area contributed by atoms with Gasteiger partial charge in [0.1, 0.15) is 0 Å². The molecule has 0 aliphatic rings. The molecule has 0 bridgehead atoms. The number of hydrogen-bond acceptors (Lipinski definition) is 4. The second-order valence-corrected chi connectivity index (χ2v) is 10.2. The van der Waals surface area contributed by atoms with Crippen LogP contribution in [0.15, 0.2) is 0 Å². The lowest BCUT2D eigenvalue weighted by Gasteiger charge is -2.00. The fraction of sp³-hybridized carbons (Fsp3) is 0.933. The van der Waals surface area contributed by atoms with Crippen molar-refractivity contribution in [3.8, 4) is 0 Å². The van der Waals surface area contributed by atoms with Gasteiger partial charge in [-0.15, -0.1) is 0 Å². The highest BCUT2D eigenvalue weighted by atomic mass is 32.1. The maximum Gasteiger partial charge on any atom is 0.303 e. The maximum atomic E-state index is 9.37. The fourth-order valence-electron chi connectivity index (χ4n) is 3.20. The normalized spacial score (nSPS) is 9.72. The minimum absolute atomic E-state index is 0.222. The van der Waals surface area contributed by atoms with Gasteiger partial charge >= 0.3 is 11.9 Å². The van der Waals surface area contributed by atoms with Gasteiger partial charge in [0.2, 0.25) is 0 Å². The van der Waals surface area contributed by atoms with Crippen LogP contribution in [0.5, 0.6) is 0 Å². The summed E-state index contributed by atoms with van der Waals surface area (Å²) in [7, 11) is 0. The molecule has 0 amide bonds. The smallest absolute Gasteiger partial charge is 0.303 e. The van der Waals surface area contributed by atoms with Gasteiger partial charge in [0.25, 0.3) is 0 Å². The highest BCUT2D eigenvalue weighted by Crippen LogP contribution is 2.11. The molecule has 0 heterocycles. The molecule has 0 rings (SSSR count). The monoisotopic (exact) mass is 552 g/mol. The number of carboxylic acid groups (broad SMARTS) is 2. The molecule has 0 unspecified atom stereocenters. The first-order valence-electron chi connectivity index (χ1n) is 15.0. The Kier molecular flexibility index (Phi) is 52.9. The van der Waals surface area contributed by atoms with Gasteiger partial charge < -0.3 is 10.2 Å². The number of carboxylic acids is 2. The van der Waals surface area contributed by atoms with Gasteiger partial charge in [0, 0.05) is 12.8 Å². The lowest BCUT2D eigenvalue weighted by Crippen LogP contribution is -1.86. The van der Waals surface area contributed by atoms with E-state index in [4.69, 9.17) is 10.2 Å². The molecule has 2 N–H and O–H groups in total. The van der Waals surface area contributed by atoms with Crippen LogP contribution in [-0.2, 0) is 9.59 Å². The quantitative estimate of drug-likeness (QED) is 0.0796. The van der Waals surface area contributed by atoms with Crippen LogP contribution >= 0.6 is 25.3 Å². The SMILES string of the molecule is CCC(=O)O.CCC(=O)O.CCCCCCCCCCCCS.CCCCCCCCCCCCS. The summed E-state index contributed by atoms with van der Waals surface area (Å²) >= 11 is 8.40. The number of aliphatic carboxylic acids is 2. The highest BCUT2D eigenvalue weighted by Gasteiger charge is 1.92. The van der Waals surface area contributed by atoms with Gasteiger partial charge in [0.05, 0.1) is 0 Å². The molecule has 0 aromatic heterocycles. The van der Waals surface area contributed by atoms with Crippen LogP contribution in [0.3, 0.4) is 0 Å². The van der Waals surface area contributed by atoms with Crippen molar-refractivity contribution in [2.24, 2.45) is 0 Å². The van der Waals surface area contributed by atoms with E-state index >= 15 is 0 Å². The van der Waals surface area contributed by atoms with Crippen molar-refractivity contribution >= 4 is 37.2 Å². The van der Waals surface area contributed by atoms with Crippen molar-refractivity contribution in [3.63, 3.8) is 0 Å². The van der Waals surface area contributed by atoms with Crippen molar-refractivity contribution in [2.75, 3.05) is 11.5 Å². The Hall–Kier alpha value is -0.360. The van der Waals surface area contributed by atoms with E-state index in [1.165, 1.54) is 128 Å². The summed E-state index contributed by atoms with van der Waals surface area (Å²) in [5, 5.41) is 15.4. The van der Waals surface area contributed by atoms with Gasteiger partial charge in [0.15, 0.2) is 0 Å². The molecule has 0 spiro atoms. The third-order valence-electron chi connectivity index (χ3n) is 5.63. The molecule has 0 radical (unpaired) electrons. The van der Waals surface area contributed by atoms with Crippen LogP contribution in [0.2, 0.25) is 0 Å². The Labute approximate surface area is 237 Å². The van der Waals surface area contributed by atoms with E-state index in [2.05, 4.69) is 39.1 Å². The molecule has 0 aliphatic heterocycles. The second-order valence-electron chi connectivity index (χ2n) is 9.31. The zero-order valence-corrected chi connectivity index (χ0v) is 26.4. The predicted octanol–water partition coefficient (Wildman–Crippen LogP) is 10.6. The van der Waals surface area contributed by atoms with Crippen LogP contribution in [0.4, 0.5) is 0 Å². The molecule has 4 nitrogen and oxygen atoms in total. The van der Waals surface area contributed by atoms with Gasteiger partial charge in [-0.3, -0.25) is 9.59 Å². The minimum Gasteiger partial charge on any atom is -0.481 e. The van der Waals surface area contributed by atoms with Crippen molar-refractivity contribution in [2.45, 2.75) is 169 Å². The summed E-state index contributed by atoms with van der Waals surface area (Å²) in [5.41, 5.74) is 0. The van der Waals surface area contributed by atoms with Gasteiger partial charge in [-0.1, -0.05) is 143 Å². The van der Waals surface area contributed by atoms with Crippen LogP contribution in [-0.4, -0.2) is 33.7 Å². The number of rotatable bonds is 22. The zero-order chi connectivity index (χ0) is 28.1. The molecule has 0 saturated carbocycles. The molecular formula is C30H64O4S2. The van der Waals surface area contributed by atoms with Crippen LogP contribution < -0.4 is 0 Å². The standard InChI is InChI=1S/2C12H26S.2C3H6O2/c2*1-2-3-4-5-6-7-8-9-10-11-12-13;2*1-2-3(4)5/h2*13H,2-12H2,1H3;2*2H2,1H3,(H,4,5). The third-order valence-corrected chi connectivity index (χ3v) is 6.26. The topological polar surface area (TPSA) is 74.6 Å². The summed E-state index contributed by atoms with van der Waals surface area (Å²) < 4.78 is 0. The average Bonchev–Trinajstić information content (AvgIpc) is 2.88. The largest absolute Gasteiger partial charge is 0.481 e. The molecule has 220 valence electrons. The van der Waals surface area contributed by atoms with Gasteiger partial charge in [-0.25, -0.2) is 0 Å². The molecule has 6 heteroatoms. The van der Waals surface area contributed by atoms with E-state index < -0.39 is 11.9 Å². The number of hydrogen-bond donors (Lipinski definition) is 4. The molecule has 0 aromatic rings. The second kappa shape index (κ2) is 44.6. The third kappa shape index (κ3) is 64.1. The Morgan fingerprint density at radius 2 is 0.583 bits per heavy atom. The van der Waals surface area contributed by atoms with Gasteiger partial charge in [-0.05, 0) is 24.3 Å². The van der Waals surface area contributed by atoms with E-state index in [0.29, 0.717) is 0 Å². The summed E-state index contributed by atoms with van der Waals surface area (Å²) in [6.07, 6.45) is 28.8. The van der Waals surface area contributed by atoms with Crippen LogP contribution in [0, 0.1) is 0 Å². The summed E-state index contributed by atoms with van der Waals surface area (Å²) in [5.74, 6) is 0.641. The van der Waals surface area contributed by atoms with Crippen molar-refractivity contribution in [1.29, 1.82) is 0 Å². The molecule has 36 heavy (non-hydrogen) atoms. The van der Waals surface area contributed by atoms with Crippen LogP contribution in [0.25, 0.3) is 0 Å². The van der Waals surface area contributed by atoms with Crippen LogP contribution in [0.1, 0.15) is 169 Å². The number of unbranched alkanes of at least 4 members (excludes halogenated alkanes) is 18. The molecule has 0 atom stereocenters. The van der Waals surface area contributed by atoms with Crippen molar-refractivity contribution in [3.05, 3.63) is 0 Å². The maximum absolute atomic E-state index is 9.37. The Morgan fingerprint density at radius 1 is 0.417 bits per heavy atom. The summed E-state index contributed by atoms with van der Waals surface area (Å²) in [4.78, 5) is 18.7. The molecular weight excluding hydrogens is 488 g/mol. The van der Waals surface area contributed by atoms with Crippen molar-refractivity contribution < 1.29 is 19.8 Å². The number of thiol groups is 2. The molecule has 0 saturated heterocycles. The first-order chi connectivity index (χ1) is 17.4. The minimum atomic E-state index is -0.745. The first-order valence-corrected chi connectivity index (χ1v) is 16.3. The van der Waals surface area contributed by atoms with E-state index in [9.17, 15) is 9.59 Å². The fourth-order valence-corrected chi connectivity index (χ4v) is 3.65. The van der Waals surface area contributed by atoms with E-state index in [-0.39, 0.29) is 12.8 Å². The summed E-state index contributed by atoms with van der Waals surface area (Å²) in [6.45, 7) is 7.75. The first kappa shape index (κ1) is 42.7. The lowest BCUT2D eigenvalue weighted by atomic mass is 10.1. The van der Waals surface area contributed by atoms with E-state index in [1.807, 2.05) is 0 Å². The predicted molar refractivity (Wildman–Crippen MR) is 167 cm³/mol. The Morgan fingerprint density at radius 3 is 0.722 bits per heavy atom. The Balaban J connectivity index is -0.000000208. The van der Waals surface area contributed by atoms with Gasteiger partial charge in [-0.2, -0.15) is 25.3 Å². The molecule has 0 aliphatic carbocycles. The van der Waals surface area contributed by atoms with E-state index in [1.54, 1.807) is 13.8 Å². The summed E-state index contributed by atoms with van der Waals surface area (Å²) in [6, 6.07) is 0. The highest BCUT2D eigenvalue weighted by molar-refractivity contribution is 7.80. The molecule has 0 aromatic carbocycles. The number of carbonyl (C=O) groups is 2. The average molecular weight is 553 g/mol. The lowest BCUT2D eigenvalue weighted by molar-refractivity contribution is -0.137. The zero-order valence-electron chi connectivity index (χ0n) is 24.6. The van der Waals surface area contributed by atoms with Crippen molar-refractivity contribution in [1.82, 2.24) is 0 Å². The molecule has 0 fully saturated rings. The van der Waals surface area contributed by atoms with E-state index in [0.717, 1.165) is 11.5 Å².